The van der Waals surface area contributed by atoms with Gasteiger partial charge in [0.05, 0.1) is 4.47 Å². The normalized spacial score (nSPS) is 10.4. The summed E-state index contributed by atoms with van der Waals surface area (Å²) < 4.78 is 6.68. The third-order valence-corrected chi connectivity index (χ3v) is 2.75. The third kappa shape index (κ3) is 1.30. The molecule has 0 saturated carbocycles. The van der Waals surface area contributed by atoms with Gasteiger partial charge in [0.25, 0.3) is 0 Å². The molecule has 0 N–H and O–H groups in total. The average molecular weight is 241 g/mol. The molecule has 0 fully saturated rings. The molecule has 1 heterocycles. The van der Waals surface area contributed by atoms with Gasteiger partial charge >= 0.3 is 0 Å². The molecule has 1 nitrogen and oxygen atoms in total. The summed E-state index contributed by atoms with van der Waals surface area (Å²) in [6.07, 6.45) is 0. The molecule has 3 heteroatoms. The van der Waals surface area contributed by atoms with Crippen LogP contribution in [0.15, 0.2) is 39.2 Å². The van der Waals surface area contributed by atoms with E-state index in [-0.39, 0.29) is 0 Å². The molecule has 1 aromatic heterocycles. The average Bonchev–Trinajstić information content (AvgIpc) is 2.07. The smallest absolute Gasteiger partial charge is 0.205 e. The molecule has 0 aliphatic heterocycles. The van der Waals surface area contributed by atoms with E-state index in [1.54, 1.807) is 0 Å². The maximum absolute atomic E-state index is 5.36. The minimum absolute atomic E-state index is 0.494. The Morgan fingerprint density at radius 2 is 2.00 bits per heavy atom. The van der Waals surface area contributed by atoms with E-state index in [9.17, 15) is 0 Å². The van der Waals surface area contributed by atoms with Gasteiger partial charge in [0, 0.05) is 5.39 Å². The number of halogens is 1. The minimum Gasteiger partial charge on any atom is -0.444 e. The first-order valence-corrected chi connectivity index (χ1v) is 4.66. The third-order valence-electron chi connectivity index (χ3n) is 1.60. The topological polar surface area (TPSA) is 13.1 Å². The Bertz CT molecular complexity index is 475. The Morgan fingerprint density at radius 1 is 1.25 bits per heavy atom. The van der Waals surface area contributed by atoms with Gasteiger partial charge < -0.3 is 4.42 Å². The number of benzene rings is 1. The van der Waals surface area contributed by atoms with Crippen molar-refractivity contribution in [3.05, 3.63) is 39.5 Å². The van der Waals surface area contributed by atoms with Crippen LogP contribution in [0.2, 0.25) is 0 Å². The van der Waals surface area contributed by atoms with Crippen molar-refractivity contribution in [3.63, 3.8) is 0 Å². The van der Waals surface area contributed by atoms with Crippen molar-refractivity contribution in [1.29, 1.82) is 0 Å². The molecule has 2 aromatic rings. The largest absolute Gasteiger partial charge is 0.444 e. The highest BCUT2D eigenvalue weighted by Crippen LogP contribution is 2.20. The second-order valence-corrected chi connectivity index (χ2v) is 3.64. The number of rotatable bonds is 0. The molecule has 0 aliphatic carbocycles. The zero-order valence-electron chi connectivity index (χ0n) is 6.08. The predicted molar refractivity (Wildman–Crippen MR) is 54.7 cm³/mol. The van der Waals surface area contributed by atoms with E-state index >= 15 is 0 Å². The maximum atomic E-state index is 5.36. The molecular formula is C9H5BrOS. The van der Waals surface area contributed by atoms with Crippen LogP contribution in [-0.4, -0.2) is 0 Å². The quantitative estimate of drug-likeness (QED) is 0.648. The summed E-state index contributed by atoms with van der Waals surface area (Å²) in [5, 5.41) is 1.05. The summed E-state index contributed by atoms with van der Waals surface area (Å²) in [5.74, 6) is 0. The van der Waals surface area contributed by atoms with Crippen molar-refractivity contribution in [1.82, 2.24) is 0 Å². The summed E-state index contributed by atoms with van der Waals surface area (Å²) in [4.78, 5) is 0. The van der Waals surface area contributed by atoms with E-state index in [1.807, 2.05) is 30.3 Å². The zero-order chi connectivity index (χ0) is 8.55. The lowest BCUT2D eigenvalue weighted by Gasteiger charge is -1.96. The van der Waals surface area contributed by atoms with Gasteiger partial charge in [-0.05, 0) is 40.3 Å². The molecule has 1 aromatic carbocycles. The van der Waals surface area contributed by atoms with Gasteiger partial charge in [-0.25, -0.2) is 0 Å². The van der Waals surface area contributed by atoms with Crippen LogP contribution >= 0.6 is 28.1 Å². The molecule has 0 bridgehead atoms. The number of hydrogen-bond donors (Lipinski definition) is 0. The molecule has 0 unspecified atom stereocenters. The Kier molecular flexibility index (Phi) is 1.98. The first-order valence-electron chi connectivity index (χ1n) is 3.46. The van der Waals surface area contributed by atoms with Crippen LogP contribution in [0.25, 0.3) is 11.0 Å². The molecular weight excluding hydrogens is 236 g/mol. The van der Waals surface area contributed by atoms with Crippen molar-refractivity contribution in [3.8, 4) is 0 Å². The van der Waals surface area contributed by atoms with E-state index in [4.69, 9.17) is 16.6 Å². The molecule has 2 rings (SSSR count). The summed E-state index contributed by atoms with van der Waals surface area (Å²) in [6.45, 7) is 0. The molecule has 0 atom stereocenters. The van der Waals surface area contributed by atoms with Crippen molar-refractivity contribution >= 4 is 39.1 Å². The summed E-state index contributed by atoms with van der Waals surface area (Å²) >= 11 is 8.29. The van der Waals surface area contributed by atoms with Crippen molar-refractivity contribution in [2.75, 3.05) is 0 Å². The van der Waals surface area contributed by atoms with E-state index in [1.165, 1.54) is 0 Å². The molecule has 0 amide bonds. The molecule has 0 spiro atoms. The molecule has 0 radical (unpaired) electrons. The highest BCUT2D eigenvalue weighted by Gasteiger charge is 1.97. The Balaban J connectivity index is 2.93. The van der Waals surface area contributed by atoms with Crippen LogP contribution in [0.4, 0.5) is 0 Å². The molecule has 60 valence electrons. The lowest BCUT2D eigenvalue weighted by molar-refractivity contribution is 0.582. The SMILES string of the molecule is S=c1oc2ccccc2cc1Br. The standard InChI is InChI=1S/C9H5BrOS/c10-7-5-6-3-1-2-4-8(6)11-9(7)12/h1-5H. The van der Waals surface area contributed by atoms with Crippen molar-refractivity contribution in [2.45, 2.75) is 0 Å². The van der Waals surface area contributed by atoms with E-state index < -0.39 is 0 Å². The van der Waals surface area contributed by atoms with E-state index in [2.05, 4.69) is 15.9 Å². The van der Waals surface area contributed by atoms with Crippen LogP contribution in [-0.2, 0) is 0 Å². The number of hydrogen-bond acceptors (Lipinski definition) is 2. The molecule has 12 heavy (non-hydrogen) atoms. The Morgan fingerprint density at radius 3 is 2.83 bits per heavy atom. The zero-order valence-corrected chi connectivity index (χ0v) is 8.48. The Hall–Kier alpha value is -0.670. The van der Waals surface area contributed by atoms with Gasteiger partial charge in [0.1, 0.15) is 5.58 Å². The van der Waals surface area contributed by atoms with Crippen molar-refractivity contribution < 1.29 is 4.42 Å². The second-order valence-electron chi connectivity index (χ2n) is 2.42. The van der Waals surface area contributed by atoms with Gasteiger partial charge in [-0.1, -0.05) is 18.2 Å². The Labute approximate surface area is 83.1 Å². The maximum Gasteiger partial charge on any atom is 0.205 e. The van der Waals surface area contributed by atoms with Crippen molar-refractivity contribution in [2.24, 2.45) is 0 Å². The fourth-order valence-corrected chi connectivity index (χ4v) is 1.51. The van der Waals surface area contributed by atoms with Gasteiger partial charge in [0.2, 0.25) is 4.71 Å². The van der Waals surface area contributed by atoms with Gasteiger partial charge in [0.15, 0.2) is 0 Å². The van der Waals surface area contributed by atoms with Gasteiger partial charge in [-0.2, -0.15) is 0 Å². The van der Waals surface area contributed by atoms with E-state index in [0.717, 1.165) is 15.4 Å². The summed E-state index contributed by atoms with van der Waals surface area (Å²) in [7, 11) is 0. The predicted octanol–water partition coefficient (Wildman–Crippen LogP) is 3.92. The fourth-order valence-electron chi connectivity index (χ4n) is 1.04. The van der Waals surface area contributed by atoms with Gasteiger partial charge in [-0.15, -0.1) is 0 Å². The van der Waals surface area contributed by atoms with Crippen LogP contribution in [0, 0.1) is 4.71 Å². The highest BCUT2D eigenvalue weighted by atomic mass is 79.9. The second kappa shape index (κ2) is 2.99. The van der Waals surface area contributed by atoms with Crippen LogP contribution < -0.4 is 0 Å². The summed E-state index contributed by atoms with van der Waals surface area (Å²) in [6, 6.07) is 9.74. The van der Waals surface area contributed by atoms with Crippen LogP contribution in [0.1, 0.15) is 0 Å². The molecule has 0 aliphatic rings. The molecule has 0 saturated heterocycles. The van der Waals surface area contributed by atoms with Crippen LogP contribution in [0.5, 0.6) is 0 Å². The first kappa shape index (κ1) is 7.95. The minimum atomic E-state index is 0.494. The fraction of sp³-hybridized carbons (Fsp3) is 0. The van der Waals surface area contributed by atoms with Crippen LogP contribution in [0.3, 0.4) is 0 Å². The number of fused-ring (bicyclic) bond motifs is 1. The monoisotopic (exact) mass is 240 g/mol. The first-order chi connectivity index (χ1) is 5.77. The van der Waals surface area contributed by atoms with E-state index in [0.29, 0.717) is 4.71 Å². The lowest BCUT2D eigenvalue weighted by Crippen LogP contribution is -1.72. The van der Waals surface area contributed by atoms with Gasteiger partial charge in [-0.3, -0.25) is 0 Å². The lowest BCUT2D eigenvalue weighted by atomic mass is 10.2. The summed E-state index contributed by atoms with van der Waals surface area (Å²) in [5.41, 5.74) is 0.825. The number of para-hydroxylation sites is 1. The highest BCUT2D eigenvalue weighted by molar-refractivity contribution is 9.10.